The van der Waals surface area contributed by atoms with Gasteiger partial charge in [-0.1, -0.05) is 0 Å². The summed E-state index contributed by atoms with van der Waals surface area (Å²) >= 11 is 0. The summed E-state index contributed by atoms with van der Waals surface area (Å²) < 4.78 is 0. The van der Waals surface area contributed by atoms with Crippen LogP contribution in [-0.4, -0.2) is 30.6 Å². The first-order chi connectivity index (χ1) is 4.29. The van der Waals surface area contributed by atoms with Crippen molar-refractivity contribution in [2.45, 2.75) is 19.4 Å². The molecule has 53 valence electrons. The Labute approximate surface area is 57.0 Å². The Morgan fingerprint density at radius 3 is 3.00 bits per heavy atom. The lowest BCUT2D eigenvalue weighted by Crippen LogP contribution is -2.33. The molecule has 0 saturated carbocycles. The van der Waals surface area contributed by atoms with Gasteiger partial charge in [0.25, 0.3) is 0 Å². The van der Waals surface area contributed by atoms with Crippen LogP contribution in [0.5, 0.6) is 0 Å². The second kappa shape index (κ2) is 3.18. The van der Waals surface area contributed by atoms with Gasteiger partial charge in [0.2, 0.25) is 0 Å². The molecule has 2 heteroatoms. The molecule has 1 saturated heterocycles. The first-order valence-corrected chi connectivity index (χ1v) is 3.58. The minimum absolute atomic E-state index is 0.330. The first kappa shape index (κ1) is 7.03. The van der Waals surface area contributed by atoms with Crippen LogP contribution in [0.25, 0.3) is 0 Å². The lowest BCUT2D eigenvalue weighted by molar-refractivity contribution is 0.326. The minimum atomic E-state index is 0.330. The predicted octanol–water partition coefficient (Wildman–Crippen LogP) is 0.244. The molecular weight excluding hydrogens is 112 g/mol. The molecule has 1 aliphatic rings. The Morgan fingerprint density at radius 1 is 1.78 bits per heavy atom. The Kier molecular flexibility index (Phi) is 2.49. The van der Waals surface area contributed by atoms with E-state index in [2.05, 4.69) is 18.2 Å². The van der Waals surface area contributed by atoms with Gasteiger partial charge < -0.3 is 10.6 Å². The van der Waals surface area contributed by atoms with Gasteiger partial charge in [-0.25, -0.2) is 0 Å². The van der Waals surface area contributed by atoms with E-state index >= 15 is 0 Å². The van der Waals surface area contributed by atoms with E-state index in [-0.39, 0.29) is 0 Å². The molecule has 1 radical (unpaired) electrons. The molecule has 2 N–H and O–H groups in total. The fraction of sp³-hybridized carbons (Fsp3) is 0.857. The van der Waals surface area contributed by atoms with Crippen molar-refractivity contribution in [1.82, 2.24) is 4.90 Å². The summed E-state index contributed by atoms with van der Waals surface area (Å²) in [6.45, 7) is 5.46. The van der Waals surface area contributed by atoms with E-state index in [1.165, 1.54) is 13.0 Å². The monoisotopic (exact) mass is 127 g/mol. The highest BCUT2D eigenvalue weighted by Crippen LogP contribution is 2.05. The van der Waals surface area contributed by atoms with Crippen molar-refractivity contribution in [2.24, 2.45) is 5.73 Å². The molecule has 0 bridgehead atoms. The maximum atomic E-state index is 5.62. The smallest absolute Gasteiger partial charge is 0.0139 e. The van der Waals surface area contributed by atoms with Gasteiger partial charge in [-0.15, -0.1) is 0 Å². The summed E-state index contributed by atoms with van der Waals surface area (Å²) in [5, 5.41) is 0. The minimum Gasteiger partial charge on any atom is -0.327 e. The zero-order valence-electron chi connectivity index (χ0n) is 6.01. The Hall–Kier alpha value is -0.0800. The molecule has 2 nitrogen and oxygen atoms in total. The van der Waals surface area contributed by atoms with Crippen molar-refractivity contribution in [3.8, 4) is 0 Å². The van der Waals surface area contributed by atoms with Gasteiger partial charge in [-0.2, -0.15) is 0 Å². The zero-order chi connectivity index (χ0) is 6.69. The Balaban J connectivity index is 2.11. The van der Waals surface area contributed by atoms with Crippen LogP contribution in [0, 0.1) is 6.42 Å². The lowest BCUT2D eigenvalue weighted by Gasteiger charge is -2.16. The van der Waals surface area contributed by atoms with Crippen LogP contribution in [0.1, 0.15) is 13.3 Å². The fourth-order valence-electron chi connectivity index (χ4n) is 1.21. The summed E-state index contributed by atoms with van der Waals surface area (Å²) in [7, 11) is 0. The molecule has 0 aliphatic carbocycles. The van der Waals surface area contributed by atoms with Gasteiger partial charge in [0.15, 0.2) is 0 Å². The van der Waals surface area contributed by atoms with Crippen molar-refractivity contribution in [1.29, 1.82) is 0 Å². The highest BCUT2D eigenvalue weighted by atomic mass is 15.1. The maximum absolute atomic E-state index is 5.62. The molecule has 0 amide bonds. The molecule has 1 heterocycles. The lowest BCUT2D eigenvalue weighted by atomic mass is 10.3. The third-order valence-electron chi connectivity index (χ3n) is 1.58. The second-order valence-corrected chi connectivity index (χ2v) is 2.81. The van der Waals surface area contributed by atoms with Gasteiger partial charge in [0, 0.05) is 19.1 Å². The second-order valence-electron chi connectivity index (χ2n) is 2.81. The van der Waals surface area contributed by atoms with E-state index in [9.17, 15) is 0 Å². The number of nitrogens with zero attached hydrogens (tertiary/aromatic N) is 1. The third kappa shape index (κ3) is 2.33. The molecule has 9 heavy (non-hydrogen) atoms. The highest BCUT2D eigenvalue weighted by Gasteiger charge is 2.11. The number of rotatable bonds is 2. The Bertz CT molecular complexity index is 75.0. The van der Waals surface area contributed by atoms with Gasteiger partial charge in [0.05, 0.1) is 0 Å². The molecule has 0 unspecified atom stereocenters. The molecule has 0 aromatic heterocycles. The van der Waals surface area contributed by atoms with Crippen molar-refractivity contribution in [2.75, 3.05) is 19.6 Å². The van der Waals surface area contributed by atoms with Crippen LogP contribution in [-0.2, 0) is 0 Å². The molecular formula is C7H15N2. The normalized spacial score (nSPS) is 24.7. The average Bonchev–Trinajstić information content (AvgIpc) is 2.15. The molecule has 0 aromatic rings. The SMILES string of the molecule is C[C@H](N)CN1C[CH]CC1. The number of nitrogens with two attached hydrogens (primary N) is 1. The molecule has 0 spiro atoms. The standard InChI is InChI=1S/C7H15N2/c1-7(8)6-9-4-2-3-5-9/h2,7H,3-6,8H2,1H3/t7-/m0/s1. The van der Waals surface area contributed by atoms with Gasteiger partial charge in [0.1, 0.15) is 0 Å². The molecule has 1 aliphatic heterocycles. The van der Waals surface area contributed by atoms with Crippen LogP contribution in [0.4, 0.5) is 0 Å². The van der Waals surface area contributed by atoms with E-state index in [1.807, 2.05) is 0 Å². The quantitative estimate of drug-likeness (QED) is 0.576. The van der Waals surface area contributed by atoms with E-state index in [4.69, 9.17) is 5.73 Å². The highest BCUT2D eigenvalue weighted by molar-refractivity contribution is 4.81. The van der Waals surface area contributed by atoms with Crippen LogP contribution >= 0.6 is 0 Å². The van der Waals surface area contributed by atoms with Crippen molar-refractivity contribution < 1.29 is 0 Å². The van der Waals surface area contributed by atoms with Gasteiger partial charge in [-0.3, -0.25) is 0 Å². The largest absolute Gasteiger partial charge is 0.327 e. The van der Waals surface area contributed by atoms with Crippen LogP contribution in [0.3, 0.4) is 0 Å². The van der Waals surface area contributed by atoms with Gasteiger partial charge in [-0.05, 0) is 26.3 Å². The maximum Gasteiger partial charge on any atom is 0.0139 e. The molecule has 0 aromatic carbocycles. The molecule has 1 fully saturated rings. The summed E-state index contributed by atoms with van der Waals surface area (Å²) in [5.41, 5.74) is 5.62. The predicted molar refractivity (Wildman–Crippen MR) is 39.0 cm³/mol. The third-order valence-corrected chi connectivity index (χ3v) is 1.58. The molecule has 1 atom stereocenters. The summed E-state index contributed by atoms with van der Waals surface area (Å²) in [6.07, 6.45) is 3.55. The van der Waals surface area contributed by atoms with Crippen molar-refractivity contribution >= 4 is 0 Å². The van der Waals surface area contributed by atoms with E-state index in [0.29, 0.717) is 6.04 Å². The number of hydrogen-bond donors (Lipinski definition) is 1. The van der Waals surface area contributed by atoms with Crippen LogP contribution in [0.2, 0.25) is 0 Å². The first-order valence-electron chi connectivity index (χ1n) is 3.58. The van der Waals surface area contributed by atoms with E-state index in [0.717, 1.165) is 13.1 Å². The number of hydrogen-bond acceptors (Lipinski definition) is 2. The van der Waals surface area contributed by atoms with E-state index < -0.39 is 0 Å². The van der Waals surface area contributed by atoms with Crippen molar-refractivity contribution in [3.05, 3.63) is 6.42 Å². The zero-order valence-corrected chi connectivity index (χ0v) is 6.01. The fourth-order valence-corrected chi connectivity index (χ4v) is 1.21. The topological polar surface area (TPSA) is 29.3 Å². The van der Waals surface area contributed by atoms with Crippen LogP contribution < -0.4 is 5.73 Å². The van der Waals surface area contributed by atoms with Crippen molar-refractivity contribution in [3.63, 3.8) is 0 Å². The summed E-state index contributed by atoms with van der Waals surface area (Å²) in [4.78, 5) is 2.38. The average molecular weight is 127 g/mol. The number of likely N-dealkylation sites (tertiary alicyclic amines) is 1. The van der Waals surface area contributed by atoms with E-state index in [1.54, 1.807) is 0 Å². The summed E-state index contributed by atoms with van der Waals surface area (Å²) in [5.74, 6) is 0. The summed E-state index contributed by atoms with van der Waals surface area (Å²) in [6, 6.07) is 0.330. The molecule has 1 rings (SSSR count). The Morgan fingerprint density at radius 2 is 2.56 bits per heavy atom. The van der Waals surface area contributed by atoms with Crippen LogP contribution in [0.15, 0.2) is 0 Å². The van der Waals surface area contributed by atoms with Gasteiger partial charge >= 0.3 is 0 Å².